The summed E-state index contributed by atoms with van der Waals surface area (Å²) in [5.41, 5.74) is 0. The summed E-state index contributed by atoms with van der Waals surface area (Å²) in [6.07, 6.45) is 3.06. The van der Waals surface area contributed by atoms with Crippen LogP contribution in [0.5, 0.6) is 5.88 Å². The number of hydrogen-bond acceptors (Lipinski definition) is 2. The van der Waals surface area contributed by atoms with Crippen molar-refractivity contribution in [3.8, 4) is 5.88 Å². The number of nitrogens with zero attached hydrogens (tertiary/aromatic N) is 2. The van der Waals surface area contributed by atoms with E-state index in [0.29, 0.717) is 0 Å². The molecule has 0 radical (unpaired) electrons. The second kappa shape index (κ2) is 2.91. The zero-order chi connectivity index (χ0) is 5.28. The van der Waals surface area contributed by atoms with E-state index < -0.39 is 0 Å². The van der Waals surface area contributed by atoms with E-state index in [4.69, 9.17) is 5.11 Å². The van der Waals surface area contributed by atoms with Gasteiger partial charge in [-0.2, -0.15) is 0 Å². The second-order valence-corrected chi connectivity index (χ2v) is 1.40. The average Bonchev–Trinajstić information content (AvgIpc) is 1.87. The topological polar surface area (TPSA) is 38.0 Å². The van der Waals surface area contributed by atoms with Crippen molar-refractivity contribution in [2.75, 3.05) is 0 Å². The van der Waals surface area contributed by atoms with Crippen molar-refractivity contribution >= 4 is 24.0 Å². The number of imidazole rings is 1. The fraction of sp³-hybridized carbons (Fsp3) is 0.250. The minimum atomic E-state index is 0. The Morgan fingerprint density at radius 1 is 1.75 bits per heavy atom. The number of rotatable bonds is 0. The van der Waals surface area contributed by atoms with Gasteiger partial charge in [0, 0.05) is 7.05 Å². The van der Waals surface area contributed by atoms with E-state index in [1.54, 1.807) is 11.6 Å². The summed E-state index contributed by atoms with van der Waals surface area (Å²) in [5.74, 6) is 0.0718. The lowest BCUT2D eigenvalue weighted by Gasteiger charge is -1.77. The molecule has 0 unspecified atom stereocenters. The highest BCUT2D eigenvalue weighted by molar-refractivity contribution is 14.0. The lowest BCUT2D eigenvalue weighted by atomic mass is 10.8. The van der Waals surface area contributed by atoms with Crippen LogP contribution < -0.4 is 0 Å². The molecule has 0 aliphatic rings. The van der Waals surface area contributed by atoms with Crippen molar-refractivity contribution in [3.63, 3.8) is 0 Å². The second-order valence-electron chi connectivity index (χ2n) is 1.40. The minimum Gasteiger partial charge on any atom is -0.492 e. The molecule has 0 atom stereocenters. The van der Waals surface area contributed by atoms with Gasteiger partial charge < -0.3 is 9.67 Å². The molecule has 0 bridgehead atoms. The summed E-state index contributed by atoms with van der Waals surface area (Å²) in [4.78, 5) is 3.53. The summed E-state index contributed by atoms with van der Waals surface area (Å²) in [5, 5.41) is 8.52. The van der Waals surface area contributed by atoms with Gasteiger partial charge in [0.15, 0.2) is 0 Å². The first kappa shape index (κ1) is 7.74. The normalized spacial score (nSPS) is 8.12. The van der Waals surface area contributed by atoms with Crippen LogP contribution in [-0.4, -0.2) is 14.7 Å². The van der Waals surface area contributed by atoms with Gasteiger partial charge in [-0.3, -0.25) is 0 Å². The van der Waals surface area contributed by atoms with E-state index in [1.807, 2.05) is 0 Å². The first-order valence-electron chi connectivity index (χ1n) is 1.96. The lowest BCUT2D eigenvalue weighted by Crippen LogP contribution is -1.76. The van der Waals surface area contributed by atoms with Gasteiger partial charge in [-0.25, -0.2) is 4.98 Å². The number of aromatic nitrogens is 2. The van der Waals surface area contributed by atoms with Crippen LogP contribution in [0.4, 0.5) is 0 Å². The van der Waals surface area contributed by atoms with E-state index in [0.717, 1.165) is 0 Å². The molecule has 0 aromatic carbocycles. The van der Waals surface area contributed by atoms with E-state index >= 15 is 0 Å². The monoisotopic (exact) mass is 226 g/mol. The molecule has 1 heterocycles. The third kappa shape index (κ3) is 1.69. The van der Waals surface area contributed by atoms with Crippen LogP contribution in [0.3, 0.4) is 0 Å². The molecule has 0 aliphatic carbocycles. The maximum Gasteiger partial charge on any atom is 0.229 e. The lowest BCUT2D eigenvalue weighted by molar-refractivity contribution is 0.456. The standard InChI is InChI=1S/C4H6N2O.HI/c1-6-2-4(7)5-3-6;/h2-3,7H,1H3;1H. The quantitative estimate of drug-likeness (QED) is 0.662. The van der Waals surface area contributed by atoms with Crippen LogP contribution in [0.1, 0.15) is 0 Å². The molecule has 3 nitrogen and oxygen atoms in total. The van der Waals surface area contributed by atoms with Crippen molar-refractivity contribution in [2.24, 2.45) is 7.05 Å². The number of hydrogen-bond donors (Lipinski definition) is 1. The van der Waals surface area contributed by atoms with Gasteiger partial charge in [0.25, 0.3) is 0 Å². The van der Waals surface area contributed by atoms with Crippen molar-refractivity contribution < 1.29 is 5.11 Å². The Morgan fingerprint density at radius 2 is 2.38 bits per heavy atom. The van der Waals surface area contributed by atoms with Gasteiger partial charge in [0.1, 0.15) is 0 Å². The van der Waals surface area contributed by atoms with Crippen LogP contribution in [0.15, 0.2) is 12.5 Å². The third-order valence-electron chi connectivity index (χ3n) is 0.691. The summed E-state index contributed by atoms with van der Waals surface area (Å²) in [7, 11) is 1.80. The van der Waals surface area contributed by atoms with E-state index in [1.165, 1.54) is 12.5 Å². The molecule has 0 saturated heterocycles. The molecule has 1 aromatic heterocycles. The number of aryl methyl sites for hydroxylation is 1. The van der Waals surface area contributed by atoms with Gasteiger partial charge in [-0.05, 0) is 0 Å². The summed E-state index contributed by atoms with van der Waals surface area (Å²) < 4.78 is 1.68. The van der Waals surface area contributed by atoms with Crippen molar-refractivity contribution in [2.45, 2.75) is 0 Å². The Kier molecular flexibility index (Phi) is 2.81. The van der Waals surface area contributed by atoms with Gasteiger partial charge in [0.05, 0.1) is 12.5 Å². The number of aromatic hydroxyl groups is 1. The molecule has 0 fully saturated rings. The molecule has 0 saturated carbocycles. The predicted molar refractivity (Wildman–Crippen MR) is 40.3 cm³/mol. The van der Waals surface area contributed by atoms with Gasteiger partial charge in [-0.1, -0.05) is 0 Å². The largest absolute Gasteiger partial charge is 0.492 e. The van der Waals surface area contributed by atoms with Crippen molar-refractivity contribution in [3.05, 3.63) is 12.5 Å². The average molecular weight is 226 g/mol. The highest BCUT2D eigenvalue weighted by atomic mass is 127. The van der Waals surface area contributed by atoms with Crippen LogP contribution >= 0.6 is 24.0 Å². The third-order valence-corrected chi connectivity index (χ3v) is 0.691. The molecule has 0 amide bonds. The predicted octanol–water partition coefficient (Wildman–Crippen LogP) is 0.744. The molecular formula is C4H7IN2O. The van der Waals surface area contributed by atoms with Gasteiger partial charge >= 0.3 is 0 Å². The Hall–Kier alpha value is -0.260. The number of halogens is 1. The first-order valence-corrected chi connectivity index (χ1v) is 1.96. The van der Waals surface area contributed by atoms with E-state index in [9.17, 15) is 0 Å². The van der Waals surface area contributed by atoms with Crippen molar-refractivity contribution in [1.82, 2.24) is 9.55 Å². The van der Waals surface area contributed by atoms with E-state index in [2.05, 4.69) is 4.98 Å². The highest BCUT2D eigenvalue weighted by Gasteiger charge is 1.84. The molecule has 0 spiro atoms. The van der Waals surface area contributed by atoms with Crippen molar-refractivity contribution in [1.29, 1.82) is 0 Å². The Balaban J connectivity index is 0.000000490. The van der Waals surface area contributed by atoms with Crippen LogP contribution in [0.25, 0.3) is 0 Å². The Bertz CT molecular complexity index is 146. The Morgan fingerprint density at radius 3 is 2.50 bits per heavy atom. The maximum atomic E-state index is 8.52. The van der Waals surface area contributed by atoms with Gasteiger partial charge in [0.2, 0.25) is 5.88 Å². The zero-order valence-electron chi connectivity index (χ0n) is 4.40. The molecule has 0 aliphatic heterocycles. The first-order chi connectivity index (χ1) is 3.29. The minimum absolute atomic E-state index is 0. The molecule has 1 N–H and O–H groups in total. The fourth-order valence-corrected chi connectivity index (χ4v) is 0.399. The summed E-state index contributed by atoms with van der Waals surface area (Å²) >= 11 is 0. The molecule has 4 heteroatoms. The molecule has 8 heavy (non-hydrogen) atoms. The molecule has 1 aromatic rings. The highest BCUT2D eigenvalue weighted by Crippen LogP contribution is 1.97. The van der Waals surface area contributed by atoms with Gasteiger partial charge in [-0.15, -0.1) is 24.0 Å². The maximum absolute atomic E-state index is 8.52. The SMILES string of the molecule is Cn1cnc(O)c1.I. The fourth-order valence-electron chi connectivity index (χ4n) is 0.399. The van der Waals surface area contributed by atoms with Crippen LogP contribution in [0, 0.1) is 0 Å². The zero-order valence-corrected chi connectivity index (χ0v) is 6.73. The van der Waals surface area contributed by atoms with E-state index in [-0.39, 0.29) is 29.9 Å². The molecule has 1 rings (SSSR count). The molecular weight excluding hydrogens is 219 g/mol. The smallest absolute Gasteiger partial charge is 0.229 e. The summed E-state index contributed by atoms with van der Waals surface area (Å²) in [6.45, 7) is 0. The molecule has 46 valence electrons. The Labute approximate surface area is 64.4 Å². The van der Waals surface area contributed by atoms with Crippen LogP contribution in [0.2, 0.25) is 0 Å². The summed E-state index contributed by atoms with van der Waals surface area (Å²) in [6, 6.07) is 0. The van der Waals surface area contributed by atoms with Crippen LogP contribution in [-0.2, 0) is 7.05 Å².